The quantitative estimate of drug-likeness (QED) is 0.550. The summed E-state index contributed by atoms with van der Waals surface area (Å²) in [4.78, 5) is 59.1. The van der Waals surface area contributed by atoms with Gasteiger partial charge in [0.25, 0.3) is 5.56 Å². The van der Waals surface area contributed by atoms with Crippen LogP contribution in [0, 0.1) is 0 Å². The average Bonchev–Trinajstić information content (AvgIpc) is 2.88. The van der Waals surface area contributed by atoms with Gasteiger partial charge in [0, 0.05) is 43.3 Å². The molecule has 1 saturated heterocycles. The Hall–Kier alpha value is -3.93. The second-order valence-corrected chi connectivity index (χ2v) is 8.23. The molecule has 0 aliphatic carbocycles. The number of ether oxygens (including phenoxy) is 1. The van der Waals surface area contributed by atoms with Gasteiger partial charge in [-0.05, 0) is 25.7 Å². The number of hydrogen-bond donors (Lipinski definition) is 2. The van der Waals surface area contributed by atoms with Crippen molar-refractivity contribution >= 4 is 28.2 Å². The molecule has 5 rings (SSSR count). The van der Waals surface area contributed by atoms with E-state index in [1.165, 1.54) is 13.3 Å². The van der Waals surface area contributed by atoms with Gasteiger partial charge in [-0.25, -0.2) is 19.8 Å². The number of aliphatic imine (C=N–C) groups is 1. The molecule has 3 aromatic rings. The monoisotopic (exact) mass is 465 g/mol. The zero-order chi connectivity index (χ0) is 23.8. The lowest BCUT2D eigenvalue weighted by Crippen LogP contribution is -2.43. The van der Waals surface area contributed by atoms with Crippen molar-refractivity contribution in [1.29, 1.82) is 0 Å². The Morgan fingerprint density at radius 3 is 2.56 bits per heavy atom. The number of aromatic amines is 1. The van der Waals surface area contributed by atoms with Crippen LogP contribution in [-0.4, -0.2) is 72.9 Å². The molecule has 2 aliphatic rings. The van der Waals surface area contributed by atoms with Crippen molar-refractivity contribution in [3.8, 4) is 6.01 Å². The van der Waals surface area contributed by atoms with E-state index >= 15 is 0 Å². The van der Waals surface area contributed by atoms with Crippen LogP contribution in [0.3, 0.4) is 0 Å². The van der Waals surface area contributed by atoms with E-state index < -0.39 is 17.9 Å². The zero-order valence-corrected chi connectivity index (χ0v) is 18.5. The Morgan fingerprint density at radius 1 is 1.15 bits per heavy atom. The first-order chi connectivity index (χ1) is 16.5. The maximum atomic E-state index is 13.0. The number of amides is 1. The lowest BCUT2D eigenvalue weighted by atomic mass is 10.00. The van der Waals surface area contributed by atoms with Crippen LogP contribution in [0.15, 0.2) is 33.2 Å². The number of aliphatic hydroxyl groups is 1. The molecule has 0 unspecified atom stereocenters. The number of aryl methyl sites for hydroxylation is 1. The van der Waals surface area contributed by atoms with Crippen molar-refractivity contribution in [2.75, 3.05) is 26.8 Å². The Morgan fingerprint density at radius 2 is 1.88 bits per heavy atom. The number of H-pyrrole nitrogens is 1. The third kappa shape index (κ3) is 3.75. The van der Waals surface area contributed by atoms with E-state index in [0.29, 0.717) is 55.7 Å². The van der Waals surface area contributed by atoms with Crippen LogP contribution >= 0.6 is 0 Å². The smallest absolute Gasteiger partial charge is 0.329 e. The topological polar surface area (TPSA) is 156 Å². The highest BCUT2D eigenvalue weighted by molar-refractivity contribution is 6.05. The lowest BCUT2D eigenvalue weighted by molar-refractivity contribution is -0.135. The standard InChI is InChI=1S/C22H23N7O5/c1-34-21-24-8-12(9-25-21)15-2-3-16-18(26-15)19-14(10-23-16)20(32)27-22(33)29(19)13-4-6-28(7-5-13)17(31)11-30/h8-10,13,30H,2-7,11H2,1H3,(H,27,32,33). The maximum absolute atomic E-state index is 13.0. The van der Waals surface area contributed by atoms with Gasteiger partial charge >= 0.3 is 11.7 Å². The summed E-state index contributed by atoms with van der Waals surface area (Å²) in [6, 6.07) is 0.00468. The molecule has 12 nitrogen and oxygen atoms in total. The van der Waals surface area contributed by atoms with Crippen LogP contribution in [0.1, 0.15) is 36.6 Å². The van der Waals surface area contributed by atoms with E-state index in [9.17, 15) is 14.4 Å². The fourth-order valence-corrected chi connectivity index (χ4v) is 4.59. The Kier molecular flexibility index (Phi) is 5.65. The number of nitrogens with one attached hydrogen (secondary N) is 1. The number of fused-ring (bicyclic) bond motifs is 3. The van der Waals surface area contributed by atoms with Crippen LogP contribution in [0.2, 0.25) is 0 Å². The summed E-state index contributed by atoms with van der Waals surface area (Å²) >= 11 is 0. The SMILES string of the molecule is COc1ncc(C2=Nc3c(ncc4c(=O)[nH]c(=O)n(C5CCN(C(=O)CO)CC5)c34)CC2)cn1. The summed E-state index contributed by atoms with van der Waals surface area (Å²) < 4.78 is 6.60. The van der Waals surface area contributed by atoms with E-state index in [4.69, 9.17) is 14.8 Å². The first-order valence-corrected chi connectivity index (χ1v) is 11.0. The van der Waals surface area contributed by atoms with E-state index in [2.05, 4.69) is 19.9 Å². The summed E-state index contributed by atoms with van der Waals surface area (Å²) in [5, 5.41) is 9.42. The minimum atomic E-state index is -0.544. The Bertz CT molecular complexity index is 1400. The Labute approximate surface area is 193 Å². The van der Waals surface area contributed by atoms with E-state index in [1.54, 1.807) is 21.9 Å². The molecule has 0 atom stereocenters. The second-order valence-electron chi connectivity index (χ2n) is 8.23. The van der Waals surface area contributed by atoms with Crippen LogP contribution in [0.4, 0.5) is 5.69 Å². The molecule has 1 fully saturated rings. The van der Waals surface area contributed by atoms with Crippen LogP contribution in [-0.2, 0) is 11.2 Å². The number of methoxy groups -OCH3 is 1. The molecule has 5 heterocycles. The third-order valence-corrected chi connectivity index (χ3v) is 6.33. The predicted molar refractivity (Wildman–Crippen MR) is 122 cm³/mol. The van der Waals surface area contributed by atoms with Gasteiger partial charge in [0.05, 0.1) is 29.4 Å². The number of nitrogens with zero attached hydrogens (tertiary/aromatic N) is 6. The summed E-state index contributed by atoms with van der Waals surface area (Å²) in [7, 11) is 1.49. The Balaban J connectivity index is 1.63. The molecule has 2 N–H and O–H groups in total. The molecule has 0 bridgehead atoms. The van der Waals surface area contributed by atoms with Gasteiger partial charge in [0.15, 0.2) is 0 Å². The minimum Gasteiger partial charge on any atom is -0.467 e. The summed E-state index contributed by atoms with van der Waals surface area (Å²) in [6.07, 6.45) is 6.95. The van der Waals surface area contributed by atoms with Crippen LogP contribution in [0.5, 0.6) is 6.01 Å². The van der Waals surface area contributed by atoms with Crippen molar-refractivity contribution in [2.24, 2.45) is 4.99 Å². The first-order valence-electron chi connectivity index (χ1n) is 11.0. The average molecular weight is 465 g/mol. The number of pyridine rings is 1. The molecule has 0 spiro atoms. The normalized spacial score (nSPS) is 16.3. The lowest BCUT2D eigenvalue weighted by Gasteiger charge is -2.33. The van der Waals surface area contributed by atoms with E-state index in [-0.39, 0.29) is 23.3 Å². The van der Waals surface area contributed by atoms with E-state index in [0.717, 1.165) is 11.3 Å². The summed E-state index contributed by atoms with van der Waals surface area (Å²) in [5.41, 5.74) is 2.05. The number of aromatic nitrogens is 5. The van der Waals surface area contributed by atoms with Gasteiger partial charge < -0.3 is 14.7 Å². The first kappa shape index (κ1) is 21.9. The summed E-state index contributed by atoms with van der Waals surface area (Å²) in [5.74, 6) is -0.338. The minimum absolute atomic E-state index is 0.244. The molecule has 176 valence electrons. The molecular formula is C22H23N7O5. The largest absolute Gasteiger partial charge is 0.467 e. The number of hydrogen-bond acceptors (Lipinski definition) is 9. The van der Waals surface area contributed by atoms with Crippen molar-refractivity contribution in [2.45, 2.75) is 31.7 Å². The van der Waals surface area contributed by atoms with Crippen LogP contribution < -0.4 is 16.0 Å². The van der Waals surface area contributed by atoms with Gasteiger partial charge in [-0.15, -0.1) is 0 Å². The third-order valence-electron chi connectivity index (χ3n) is 6.33. The second kappa shape index (κ2) is 8.78. The predicted octanol–water partition coefficient (Wildman–Crippen LogP) is 0.106. The van der Waals surface area contributed by atoms with Gasteiger partial charge in [0.2, 0.25) is 5.91 Å². The van der Waals surface area contributed by atoms with Gasteiger partial charge in [0.1, 0.15) is 12.3 Å². The van der Waals surface area contributed by atoms with Crippen molar-refractivity contribution in [3.63, 3.8) is 0 Å². The molecule has 0 aromatic carbocycles. The number of likely N-dealkylation sites (tertiary alicyclic amines) is 1. The molecule has 12 heteroatoms. The fourth-order valence-electron chi connectivity index (χ4n) is 4.59. The molecule has 2 aliphatic heterocycles. The zero-order valence-electron chi connectivity index (χ0n) is 18.5. The van der Waals surface area contributed by atoms with Crippen molar-refractivity contribution < 1.29 is 14.6 Å². The number of aliphatic hydroxyl groups excluding tert-OH is 1. The van der Waals surface area contributed by atoms with Gasteiger partial charge in [-0.2, -0.15) is 0 Å². The number of rotatable bonds is 4. The molecule has 0 radical (unpaired) electrons. The van der Waals surface area contributed by atoms with Gasteiger partial charge in [-0.3, -0.25) is 24.1 Å². The van der Waals surface area contributed by atoms with Gasteiger partial charge in [-0.1, -0.05) is 0 Å². The maximum Gasteiger partial charge on any atom is 0.329 e. The fraction of sp³-hybridized carbons (Fsp3) is 0.409. The molecular weight excluding hydrogens is 442 g/mol. The summed E-state index contributed by atoms with van der Waals surface area (Å²) in [6.45, 7) is 0.266. The molecule has 0 saturated carbocycles. The van der Waals surface area contributed by atoms with Crippen LogP contribution in [0.25, 0.3) is 10.9 Å². The molecule has 34 heavy (non-hydrogen) atoms. The van der Waals surface area contributed by atoms with E-state index in [1.807, 2.05) is 0 Å². The highest BCUT2D eigenvalue weighted by atomic mass is 16.5. The number of carbonyl (C=O) groups is 1. The molecule has 3 aromatic heterocycles. The highest BCUT2D eigenvalue weighted by Crippen LogP contribution is 2.34. The molecule has 1 amide bonds. The van der Waals surface area contributed by atoms with Crippen molar-refractivity contribution in [1.82, 2.24) is 29.4 Å². The number of piperidine rings is 1. The highest BCUT2D eigenvalue weighted by Gasteiger charge is 2.28. The number of carbonyl (C=O) groups excluding carboxylic acids is 1. The van der Waals surface area contributed by atoms with Crippen molar-refractivity contribution in [3.05, 3.63) is 50.7 Å².